The van der Waals surface area contributed by atoms with Crippen molar-refractivity contribution in [2.75, 3.05) is 0 Å². The molecule has 19 heavy (non-hydrogen) atoms. The van der Waals surface area contributed by atoms with E-state index in [1.165, 1.54) is 0 Å². The molecule has 0 radical (unpaired) electrons. The first-order chi connectivity index (χ1) is 9.06. The van der Waals surface area contributed by atoms with Gasteiger partial charge in [-0.2, -0.15) is 0 Å². The Kier molecular flexibility index (Phi) is 4.23. The summed E-state index contributed by atoms with van der Waals surface area (Å²) in [4.78, 5) is 13.0. The highest BCUT2D eigenvalue weighted by atomic mass is 32.1. The van der Waals surface area contributed by atoms with Crippen molar-refractivity contribution >= 4 is 24.0 Å². The Morgan fingerprint density at radius 1 is 1.00 bits per heavy atom. The van der Waals surface area contributed by atoms with Crippen molar-refractivity contribution in [3.05, 3.63) is 71.8 Å². The van der Waals surface area contributed by atoms with Crippen molar-refractivity contribution in [3.8, 4) is 0 Å². The van der Waals surface area contributed by atoms with Gasteiger partial charge in [-0.1, -0.05) is 48.6 Å². The van der Waals surface area contributed by atoms with E-state index in [9.17, 15) is 4.79 Å². The average Bonchev–Trinajstić information content (AvgIpc) is 2.40. The summed E-state index contributed by atoms with van der Waals surface area (Å²) in [6.45, 7) is 5.87. The molecular formula is C17H16OS. The topological polar surface area (TPSA) is 17.1 Å². The summed E-state index contributed by atoms with van der Waals surface area (Å²) in [5.41, 5.74) is 3.88. The molecule has 0 aliphatic carbocycles. The van der Waals surface area contributed by atoms with E-state index in [4.69, 9.17) is 0 Å². The number of hydrogen-bond acceptors (Lipinski definition) is 2. The lowest BCUT2D eigenvalue weighted by atomic mass is 10.0. The maximum atomic E-state index is 12.1. The zero-order chi connectivity index (χ0) is 13.8. The lowest BCUT2D eigenvalue weighted by molar-refractivity contribution is 0.0993. The fraction of sp³-hybridized carbons (Fsp3) is 0.118. The molecule has 0 N–H and O–H groups in total. The molecule has 2 heteroatoms. The second kappa shape index (κ2) is 5.89. The second-order valence-corrected chi connectivity index (χ2v) is 5.14. The van der Waals surface area contributed by atoms with Crippen LogP contribution < -0.4 is 0 Å². The van der Waals surface area contributed by atoms with Gasteiger partial charge in [-0.05, 0) is 30.2 Å². The van der Waals surface area contributed by atoms with Crippen molar-refractivity contribution in [1.29, 1.82) is 0 Å². The van der Waals surface area contributed by atoms with Crippen LogP contribution in [0.15, 0.2) is 60.0 Å². The number of thiol groups is 1. The summed E-state index contributed by atoms with van der Waals surface area (Å²) >= 11 is 4.21. The van der Waals surface area contributed by atoms with Gasteiger partial charge >= 0.3 is 0 Å². The highest BCUT2D eigenvalue weighted by molar-refractivity contribution is 7.80. The van der Waals surface area contributed by atoms with Gasteiger partial charge < -0.3 is 0 Å². The summed E-state index contributed by atoms with van der Waals surface area (Å²) < 4.78 is 0. The Labute approximate surface area is 119 Å². The molecule has 0 aliphatic rings. The Morgan fingerprint density at radius 3 is 2.05 bits per heavy atom. The van der Waals surface area contributed by atoms with Gasteiger partial charge in [0, 0.05) is 16.9 Å². The van der Waals surface area contributed by atoms with E-state index >= 15 is 0 Å². The molecule has 0 fully saturated rings. The van der Waals surface area contributed by atoms with Crippen molar-refractivity contribution in [2.45, 2.75) is 18.2 Å². The Morgan fingerprint density at radius 2 is 1.53 bits per heavy atom. The molecular weight excluding hydrogens is 252 g/mol. The lowest BCUT2D eigenvalue weighted by Crippen LogP contribution is -2.03. The maximum Gasteiger partial charge on any atom is 0.167 e. The molecule has 0 aromatic heterocycles. The van der Waals surface area contributed by atoms with E-state index in [2.05, 4.69) is 19.2 Å². The molecule has 0 amide bonds. The lowest BCUT2D eigenvalue weighted by Gasteiger charge is -2.04. The van der Waals surface area contributed by atoms with Crippen LogP contribution in [-0.2, 0) is 6.42 Å². The number of Topliss-reactive ketones (excluding diaryl/α,β-unsaturated/α-hetero) is 1. The summed E-state index contributed by atoms with van der Waals surface area (Å²) in [6, 6.07) is 15.3. The van der Waals surface area contributed by atoms with E-state index in [1.807, 2.05) is 55.5 Å². The van der Waals surface area contributed by atoms with Gasteiger partial charge in [-0.3, -0.25) is 4.79 Å². The average molecular weight is 268 g/mol. The van der Waals surface area contributed by atoms with E-state index in [0.717, 1.165) is 27.2 Å². The molecule has 2 rings (SSSR count). The SMILES string of the molecule is C=C(C)c1ccc(CC(=O)c2ccc(S)cc2)cc1. The van der Waals surface area contributed by atoms with Crippen molar-refractivity contribution in [2.24, 2.45) is 0 Å². The smallest absolute Gasteiger partial charge is 0.167 e. The van der Waals surface area contributed by atoms with Gasteiger partial charge in [-0.15, -0.1) is 12.6 Å². The number of carbonyl (C=O) groups excluding carboxylic acids is 1. The maximum absolute atomic E-state index is 12.1. The Hall–Kier alpha value is -1.80. The normalized spacial score (nSPS) is 10.2. The van der Waals surface area contributed by atoms with Crippen LogP contribution in [0.3, 0.4) is 0 Å². The minimum absolute atomic E-state index is 0.122. The first-order valence-corrected chi connectivity index (χ1v) is 6.58. The summed E-state index contributed by atoms with van der Waals surface area (Å²) in [7, 11) is 0. The minimum atomic E-state index is 0.122. The predicted octanol–water partition coefficient (Wildman–Crippen LogP) is 4.43. The van der Waals surface area contributed by atoms with Crippen LogP contribution in [0.25, 0.3) is 5.57 Å². The van der Waals surface area contributed by atoms with Crippen LogP contribution in [-0.4, -0.2) is 5.78 Å². The largest absolute Gasteiger partial charge is 0.294 e. The third-order valence-corrected chi connectivity index (χ3v) is 3.30. The zero-order valence-corrected chi connectivity index (χ0v) is 11.8. The highest BCUT2D eigenvalue weighted by Gasteiger charge is 2.06. The number of carbonyl (C=O) groups is 1. The molecule has 0 aliphatic heterocycles. The quantitative estimate of drug-likeness (QED) is 0.641. The van der Waals surface area contributed by atoms with Gasteiger partial charge in [0.2, 0.25) is 0 Å². The van der Waals surface area contributed by atoms with E-state index in [0.29, 0.717) is 6.42 Å². The van der Waals surface area contributed by atoms with E-state index in [-0.39, 0.29) is 5.78 Å². The van der Waals surface area contributed by atoms with E-state index < -0.39 is 0 Å². The number of benzene rings is 2. The monoisotopic (exact) mass is 268 g/mol. The van der Waals surface area contributed by atoms with Crippen molar-refractivity contribution in [3.63, 3.8) is 0 Å². The summed E-state index contributed by atoms with van der Waals surface area (Å²) in [6.07, 6.45) is 0.419. The van der Waals surface area contributed by atoms with Crippen LogP contribution in [0, 0.1) is 0 Å². The highest BCUT2D eigenvalue weighted by Crippen LogP contribution is 2.15. The third-order valence-electron chi connectivity index (χ3n) is 3.00. The molecule has 2 aromatic carbocycles. The standard InChI is InChI=1S/C17H16OS/c1-12(2)14-5-3-13(4-6-14)11-17(18)15-7-9-16(19)10-8-15/h3-10,19H,1,11H2,2H3. The summed E-state index contributed by atoms with van der Waals surface area (Å²) in [5, 5.41) is 0. The zero-order valence-electron chi connectivity index (χ0n) is 10.9. The molecule has 0 saturated carbocycles. The van der Waals surface area contributed by atoms with Crippen LogP contribution >= 0.6 is 12.6 Å². The van der Waals surface area contributed by atoms with Crippen LogP contribution in [0.1, 0.15) is 28.4 Å². The predicted molar refractivity (Wildman–Crippen MR) is 82.9 cm³/mol. The van der Waals surface area contributed by atoms with Gasteiger partial charge in [-0.25, -0.2) is 0 Å². The van der Waals surface area contributed by atoms with E-state index in [1.54, 1.807) is 0 Å². The Balaban J connectivity index is 2.10. The molecule has 0 bridgehead atoms. The van der Waals surface area contributed by atoms with Gasteiger partial charge in [0.15, 0.2) is 5.78 Å². The molecule has 1 nitrogen and oxygen atoms in total. The molecule has 96 valence electrons. The number of hydrogen-bond donors (Lipinski definition) is 1. The second-order valence-electron chi connectivity index (χ2n) is 4.62. The molecule has 0 unspecified atom stereocenters. The molecule has 0 saturated heterocycles. The third kappa shape index (κ3) is 3.58. The fourth-order valence-electron chi connectivity index (χ4n) is 1.84. The first-order valence-electron chi connectivity index (χ1n) is 6.13. The minimum Gasteiger partial charge on any atom is -0.294 e. The number of ketones is 1. The Bertz CT molecular complexity index is 594. The molecule has 2 aromatic rings. The fourth-order valence-corrected chi connectivity index (χ4v) is 1.99. The van der Waals surface area contributed by atoms with Gasteiger partial charge in [0.05, 0.1) is 0 Å². The van der Waals surface area contributed by atoms with Crippen molar-refractivity contribution in [1.82, 2.24) is 0 Å². The summed E-state index contributed by atoms with van der Waals surface area (Å²) in [5.74, 6) is 0.122. The molecule has 0 spiro atoms. The first kappa shape index (κ1) is 13.6. The van der Waals surface area contributed by atoms with Gasteiger partial charge in [0.25, 0.3) is 0 Å². The van der Waals surface area contributed by atoms with Crippen molar-refractivity contribution < 1.29 is 4.79 Å². The van der Waals surface area contributed by atoms with Gasteiger partial charge in [0.1, 0.15) is 0 Å². The van der Waals surface area contributed by atoms with Crippen LogP contribution in [0.5, 0.6) is 0 Å². The molecule has 0 heterocycles. The van der Waals surface area contributed by atoms with Crippen LogP contribution in [0.2, 0.25) is 0 Å². The number of rotatable bonds is 4. The molecule has 0 atom stereocenters. The number of allylic oxidation sites excluding steroid dienone is 1. The van der Waals surface area contributed by atoms with Crippen LogP contribution in [0.4, 0.5) is 0 Å².